The van der Waals surface area contributed by atoms with E-state index < -0.39 is 18.2 Å². The Hall–Kier alpha value is -2.27. The summed E-state index contributed by atoms with van der Waals surface area (Å²) in [6, 6.07) is 5.62. The van der Waals surface area contributed by atoms with Gasteiger partial charge in [0.05, 0.1) is 11.8 Å². The van der Waals surface area contributed by atoms with Crippen molar-refractivity contribution in [2.45, 2.75) is 25.7 Å². The van der Waals surface area contributed by atoms with Gasteiger partial charge in [-0.2, -0.15) is 0 Å². The molecule has 0 saturated carbocycles. The van der Waals surface area contributed by atoms with E-state index in [2.05, 4.69) is 0 Å². The number of carbonyl (C=O) groups is 2. The van der Waals surface area contributed by atoms with E-state index in [4.69, 9.17) is 25.8 Å². The molecule has 3 aliphatic rings. The maximum absolute atomic E-state index is 12.1. The first kappa shape index (κ1) is 14.3. The third-order valence-electron chi connectivity index (χ3n) is 4.35. The molecule has 3 atom stereocenters. The van der Waals surface area contributed by atoms with Crippen LogP contribution < -0.4 is 0 Å². The van der Waals surface area contributed by atoms with Crippen molar-refractivity contribution in [3.05, 3.63) is 57.8 Å². The largest absolute Gasteiger partial charge is 0.458 e. The van der Waals surface area contributed by atoms with Crippen molar-refractivity contribution in [3.63, 3.8) is 0 Å². The van der Waals surface area contributed by atoms with Crippen LogP contribution in [-0.2, 0) is 30.2 Å². The minimum Gasteiger partial charge on any atom is -0.458 e. The highest BCUT2D eigenvalue weighted by molar-refractivity contribution is 6.30. The average Bonchev–Trinajstić information content (AvgIpc) is 3.10. The van der Waals surface area contributed by atoms with Gasteiger partial charge in [-0.25, -0.2) is 9.59 Å². The second-order valence-electron chi connectivity index (χ2n) is 5.81. The summed E-state index contributed by atoms with van der Waals surface area (Å²) in [4.78, 5) is 23.4. The monoisotopic (exact) mass is 332 g/mol. The van der Waals surface area contributed by atoms with E-state index in [0.717, 1.165) is 11.1 Å². The maximum Gasteiger partial charge on any atom is 0.338 e. The van der Waals surface area contributed by atoms with Crippen molar-refractivity contribution in [2.75, 3.05) is 0 Å². The van der Waals surface area contributed by atoms with Crippen LogP contribution in [-0.4, -0.2) is 18.2 Å². The van der Waals surface area contributed by atoms with E-state index in [1.54, 1.807) is 13.0 Å². The average molecular weight is 333 g/mol. The highest BCUT2D eigenvalue weighted by Gasteiger charge is 2.46. The van der Waals surface area contributed by atoms with Crippen LogP contribution in [0.1, 0.15) is 24.2 Å². The topological polar surface area (TPSA) is 61.8 Å². The molecule has 1 fully saturated rings. The van der Waals surface area contributed by atoms with Gasteiger partial charge in [0.25, 0.3) is 6.29 Å². The number of rotatable bonds is 2. The fraction of sp³-hybridized carbons (Fsp3) is 0.294. The molecule has 5 nitrogen and oxygen atoms in total. The molecule has 0 radical (unpaired) electrons. The quantitative estimate of drug-likeness (QED) is 0.473. The molecule has 2 aliphatic heterocycles. The molecular weight excluding hydrogens is 320 g/mol. The Morgan fingerprint density at radius 3 is 2.83 bits per heavy atom. The Labute approximate surface area is 137 Å². The number of hydrogen-bond acceptors (Lipinski definition) is 5. The highest BCUT2D eigenvalue weighted by Crippen LogP contribution is 2.48. The summed E-state index contributed by atoms with van der Waals surface area (Å²) in [5, 5.41) is 0.618. The molecule has 0 aromatic heterocycles. The Balaban J connectivity index is 1.56. The first-order valence-electron chi connectivity index (χ1n) is 7.27. The first-order valence-corrected chi connectivity index (χ1v) is 7.65. The van der Waals surface area contributed by atoms with Crippen LogP contribution in [0.3, 0.4) is 0 Å². The van der Waals surface area contributed by atoms with Crippen LogP contribution in [0.15, 0.2) is 41.7 Å². The van der Waals surface area contributed by atoms with Gasteiger partial charge in [-0.15, -0.1) is 0 Å². The molecule has 0 N–H and O–H groups in total. The lowest BCUT2D eigenvalue weighted by molar-refractivity contribution is -0.152. The molecule has 0 bridgehead atoms. The molecule has 118 valence electrons. The Bertz CT molecular complexity index is 779. The number of fused-ring (bicyclic) bond motifs is 3. The zero-order valence-electron chi connectivity index (χ0n) is 12.2. The molecule has 23 heavy (non-hydrogen) atoms. The SMILES string of the molecule is CC1=C[C@@H](O/C=C2/C(=O)O[C@H]3c4cc(Cl)ccc4C[C@@H]23)OC1=O. The van der Waals surface area contributed by atoms with Gasteiger partial charge in [0.2, 0.25) is 0 Å². The smallest absolute Gasteiger partial charge is 0.338 e. The maximum atomic E-state index is 12.1. The van der Waals surface area contributed by atoms with E-state index in [0.29, 0.717) is 22.6 Å². The van der Waals surface area contributed by atoms with Crippen molar-refractivity contribution < 1.29 is 23.8 Å². The molecule has 1 aromatic carbocycles. The zero-order chi connectivity index (χ0) is 16.1. The van der Waals surface area contributed by atoms with Crippen LogP contribution in [0.4, 0.5) is 0 Å². The second kappa shape index (κ2) is 5.13. The number of benzene rings is 1. The van der Waals surface area contributed by atoms with Gasteiger partial charge in [0.15, 0.2) is 0 Å². The van der Waals surface area contributed by atoms with Crippen LogP contribution in [0.2, 0.25) is 5.02 Å². The van der Waals surface area contributed by atoms with Crippen LogP contribution >= 0.6 is 11.6 Å². The minimum atomic E-state index is -0.792. The fourth-order valence-corrected chi connectivity index (χ4v) is 3.36. The van der Waals surface area contributed by atoms with E-state index in [9.17, 15) is 9.59 Å². The Morgan fingerprint density at radius 2 is 2.09 bits per heavy atom. The normalized spacial score (nSPS) is 29.9. The van der Waals surface area contributed by atoms with Gasteiger partial charge in [-0.05, 0) is 36.6 Å². The summed E-state index contributed by atoms with van der Waals surface area (Å²) in [6.45, 7) is 1.65. The van der Waals surface area contributed by atoms with Crippen molar-refractivity contribution in [2.24, 2.45) is 5.92 Å². The molecule has 4 rings (SSSR count). The summed E-state index contributed by atoms with van der Waals surface area (Å²) in [5.74, 6) is -0.919. The van der Waals surface area contributed by atoms with Gasteiger partial charge in [0, 0.05) is 22.6 Å². The predicted octanol–water partition coefficient (Wildman–Crippen LogP) is 2.84. The van der Waals surface area contributed by atoms with Crippen molar-refractivity contribution in [1.29, 1.82) is 0 Å². The molecule has 1 aliphatic carbocycles. The molecule has 1 saturated heterocycles. The standard InChI is InChI=1S/C17H13ClO5/c1-8-4-14(22-16(8)19)21-7-13-12-5-9-2-3-10(18)6-11(9)15(12)23-17(13)20/h2-4,6-7,12,14-15H,5H2,1H3/b13-7+/t12-,14-,15-/m0/s1. The summed E-state index contributed by atoms with van der Waals surface area (Å²) in [6.07, 6.45) is 2.50. The van der Waals surface area contributed by atoms with E-state index in [1.165, 1.54) is 6.26 Å². The molecular formula is C17H13ClO5. The number of halogens is 1. The lowest BCUT2D eigenvalue weighted by Gasteiger charge is -2.09. The molecule has 6 heteroatoms. The summed E-state index contributed by atoms with van der Waals surface area (Å²) < 4.78 is 15.9. The minimum absolute atomic E-state index is 0.0989. The summed E-state index contributed by atoms with van der Waals surface area (Å²) >= 11 is 6.03. The summed E-state index contributed by atoms with van der Waals surface area (Å²) in [7, 11) is 0. The number of esters is 2. The van der Waals surface area contributed by atoms with Gasteiger partial charge in [-0.3, -0.25) is 0 Å². The lowest BCUT2D eigenvalue weighted by Crippen LogP contribution is -2.11. The summed E-state index contributed by atoms with van der Waals surface area (Å²) in [5.41, 5.74) is 3.01. The van der Waals surface area contributed by atoms with Crippen LogP contribution in [0.25, 0.3) is 0 Å². The lowest BCUT2D eigenvalue weighted by atomic mass is 9.98. The van der Waals surface area contributed by atoms with E-state index >= 15 is 0 Å². The molecule has 1 aromatic rings. The van der Waals surface area contributed by atoms with Crippen molar-refractivity contribution >= 4 is 23.5 Å². The van der Waals surface area contributed by atoms with Crippen molar-refractivity contribution in [3.8, 4) is 0 Å². The highest BCUT2D eigenvalue weighted by atomic mass is 35.5. The number of hydrogen-bond donors (Lipinski definition) is 0. The zero-order valence-corrected chi connectivity index (χ0v) is 13.0. The van der Waals surface area contributed by atoms with Crippen LogP contribution in [0.5, 0.6) is 0 Å². The molecule has 0 spiro atoms. The predicted molar refractivity (Wildman–Crippen MR) is 80.3 cm³/mol. The molecule has 0 unspecified atom stereocenters. The second-order valence-corrected chi connectivity index (χ2v) is 6.25. The van der Waals surface area contributed by atoms with E-state index in [1.807, 2.05) is 18.2 Å². The third-order valence-corrected chi connectivity index (χ3v) is 4.58. The number of ether oxygens (including phenoxy) is 3. The molecule has 2 heterocycles. The Kier molecular flexibility index (Phi) is 3.20. The first-order chi connectivity index (χ1) is 11.0. The third kappa shape index (κ3) is 2.32. The molecule has 0 amide bonds. The number of carbonyl (C=O) groups excluding carboxylic acids is 2. The number of cyclic esters (lactones) is 1. The van der Waals surface area contributed by atoms with Gasteiger partial charge in [-0.1, -0.05) is 17.7 Å². The van der Waals surface area contributed by atoms with Gasteiger partial charge in [0.1, 0.15) is 6.10 Å². The Morgan fingerprint density at radius 1 is 1.26 bits per heavy atom. The fourth-order valence-electron chi connectivity index (χ4n) is 3.18. The van der Waals surface area contributed by atoms with Crippen molar-refractivity contribution in [1.82, 2.24) is 0 Å². The van der Waals surface area contributed by atoms with Gasteiger partial charge < -0.3 is 14.2 Å². The van der Waals surface area contributed by atoms with E-state index in [-0.39, 0.29) is 12.0 Å². The van der Waals surface area contributed by atoms with Crippen LogP contribution in [0, 0.1) is 5.92 Å². The van der Waals surface area contributed by atoms with Gasteiger partial charge >= 0.3 is 11.9 Å².